The smallest absolute Gasteiger partial charge is 0.0462 e. The molecular formula is C12H20O. The molecule has 0 aromatic heterocycles. The van der Waals surface area contributed by atoms with E-state index in [1.807, 2.05) is 0 Å². The van der Waals surface area contributed by atoms with Crippen molar-refractivity contribution in [3.05, 3.63) is 12.2 Å². The van der Waals surface area contributed by atoms with E-state index in [0.29, 0.717) is 17.9 Å². The number of aliphatic hydroxyl groups excluding tert-OH is 1. The Hall–Kier alpha value is -0.300. The van der Waals surface area contributed by atoms with E-state index in [1.54, 1.807) is 0 Å². The van der Waals surface area contributed by atoms with Crippen molar-refractivity contribution in [1.29, 1.82) is 0 Å². The van der Waals surface area contributed by atoms with Gasteiger partial charge in [-0.15, -0.1) is 0 Å². The van der Waals surface area contributed by atoms with Crippen molar-refractivity contribution in [1.82, 2.24) is 0 Å². The lowest BCUT2D eigenvalue weighted by molar-refractivity contribution is 0.0670. The van der Waals surface area contributed by atoms with Gasteiger partial charge in [0.2, 0.25) is 0 Å². The third-order valence-corrected chi connectivity index (χ3v) is 4.46. The van der Waals surface area contributed by atoms with Gasteiger partial charge >= 0.3 is 0 Å². The summed E-state index contributed by atoms with van der Waals surface area (Å²) in [7, 11) is 0. The van der Waals surface area contributed by atoms with Gasteiger partial charge in [0.05, 0.1) is 0 Å². The number of rotatable bonds is 1. The third-order valence-electron chi connectivity index (χ3n) is 4.46. The largest absolute Gasteiger partial charge is 0.396 e. The molecule has 0 bridgehead atoms. The molecule has 74 valence electrons. The van der Waals surface area contributed by atoms with Gasteiger partial charge in [0, 0.05) is 6.61 Å². The number of hydrogen-bond acceptors (Lipinski definition) is 1. The van der Waals surface area contributed by atoms with E-state index in [9.17, 15) is 5.11 Å². The lowest BCUT2D eigenvalue weighted by atomic mass is 9.63. The molecule has 0 radical (unpaired) electrons. The Kier molecular flexibility index (Phi) is 2.23. The highest BCUT2D eigenvalue weighted by molar-refractivity contribution is 5.18. The van der Waals surface area contributed by atoms with E-state index >= 15 is 0 Å². The van der Waals surface area contributed by atoms with E-state index in [0.717, 1.165) is 5.92 Å². The summed E-state index contributed by atoms with van der Waals surface area (Å²) >= 11 is 0. The molecule has 0 aromatic carbocycles. The number of hydrogen-bond donors (Lipinski definition) is 1. The van der Waals surface area contributed by atoms with Crippen LogP contribution < -0.4 is 0 Å². The highest BCUT2D eigenvalue weighted by Gasteiger charge is 2.46. The molecule has 0 aliphatic heterocycles. The van der Waals surface area contributed by atoms with Crippen molar-refractivity contribution in [2.75, 3.05) is 6.61 Å². The van der Waals surface area contributed by atoms with Gasteiger partial charge in [-0.3, -0.25) is 0 Å². The van der Waals surface area contributed by atoms with Gasteiger partial charge in [0.1, 0.15) is 0 Å². The van der Waals surface area contributed by atoms with Crippen LogP contribution in [0.4, 0.5) is 0 Å². The number of allylic oxidation sites excluding steroid dienone is 1. The van der Waals surface area contributed by atoms with Crippen molar-refractivity contribution >= 4 is 0 Å². The van der Waals surface area contributed by atoms with E-state index in [2.05, 4.69) is 13.5 Å². The number of fused-ring (bicyclic) bond motifs is 1. The number of aliphatic hydroxyl groups is 1. The maximum absolute atomic E-state index is 9.31. The van der Waals surface area contributed by atoms with Gasteiger partial charge < -0.3 is 5.11 Å². The maximum atomic E-state index is 9.31. The molecule has 3 unspecified atom stereocenters. The van der Waals surface area contributed by atoms with Crippen LogP contribution in [0.15, 0.2) is 12.2 Å². The van der Waals surface area contributed by atoms with Gasteiger partial charge in [-0.2, -0.15) is 0 Å². The summed E-state index contributed by atoms with van der Waals surface area (Å²) in [5, 5.41) is 9.31. The SMILES string of the molecule is C=C1CCC2C(CO)CCCC12C. The molecule has 13 heavy (non-hydrogen) atoms. The summed E-state index contributed by atoms with van der Waals surface area (Å²) in [6, 6.07) is 0. The monoisotopic (exact) mass is 180 g/mol. The quantitative estimate of drug-likeness (QED) is 0.615. The molecule has 1 N–H and O–H groups in total. The lowest BCUT2D eigenvalue weighted by Gasteiger charge is -2.42. The van der Waals surface area contributed by atoms with Crippen LogP contribution in [0.3, 0.4) is 0 Å². The molecule has 0 aromatic rings. The predicted molar refractivity (Wildman–Crippen MR) is 54.4 cm³/mol. The zero-order chi connectivity index (χ0) is 9.47. The minimum atomic E-state index is 0.367. The van der Waals surface area contributed by atoms with Crippen molar-refractivity contribution in [2.24, 2.45) is 17.3 Å². The Morgan fingerprint density at radius 2 is 2.31 bits per heavy atom. The van der Waals surface area contributed by atoms with Crippen molar-refractivity contribution in [2.45, 2.75) is 39.0 Å². The fourth-order valence-electron chi connectivity index (χ4n) is 3.47. The lowest BCUT2D eigenvalue weighted by Crippen LogP contribution is -2.35. The second kappa shape index (κ2) is 3.13. The third kappa shape index (κ3) is 1.25. The van der Waals surface area contributed by atoms with Crippen molar-refractivity contribution < 1.29 is 5.11 Å². The average Bonchev–Trinajstić information content (AvgIpc) is 2.43. The second-order valence-corrected chi connectivity index (χ2v) is 5.00. The summed E-state index contributed by atoms with van der Waals surface area (Å²) in [4.78, 5) is 0. The first-order valence-corrected chi connectivity index (χ1v) is 5.47. The first-order chi connectivity index (χ1) is 6.18. The van der Waals surface area contributed by atoms with Crippen LogP contribution >= 0.6 is 0 Å². The minimum Gasteiger partial charge on any atom is -0.396 e. The molecular weight excluding hydrogens is 160 g/mol. The fourth-order valence-corrected chi connectivity index (χ4v) is 3.47. The fraction of sp³-hybridized carbons (Fsp3) is 0.833. The Morgan fingerprint density at radius 1 is 1.54 bits per heavy atom. The zero-order valence-electron chi connectivity index (χ0n) is 8.55. The van der Waals surface area contributed by atoms with Crippen LogP contribution in [0.5, 0.6) is 0 Å². The summed E-state index contributed by atoms with van der Waals surface area (Å²) in [5.74, 6) is 1.27. The Labute approximate surface area is 80.8 Å². The van der Waals surface area contributed by atoms with E-state index in [1.165, 1.54) is 37.7 Å². The van der Waals surface area contributed by atoms with E-state index in [-0.39, 0.29) is 0 Å². The standard InChI is InChI=1S/C12H20O/c1-9-5-6-11-10(8-13)4-3-7-12(9,11)2/h10-11,13H,1,3-8H2,2H3. The van der Waals surface area contributed by atoms with Gasteiger partial charge in [-0.05, 0) is 42.9 Å². The van der Waals surface area contributed by atoms with Crippen LogP contribution in [-0.4, -0.2) is 11.7 Å². The van der Waals surface area contributed by atoms with Crippen molar-refractivity contribution in [3.63, 3.8) is 0 Å². The van der Waals surface area contributed by atoms with Gasteiger partial charge in [-0.25, -0.2) is 0 Å². The Balaban J connectivity index is 2.22. The predicted octanol–water partition coefficient (Wildman–Crippen LogP) is 2.75. The topological polar surface area (TPSA) is 20.2 Å². The summed E-state index contributed by atoms with van der Waals surface area (Å²) in [6.07, 6.45) is 6.26. The summed E-state index contributed by atoms with van der Waals surface area (Å²) < 4.78 is 0. The van der Waals surface area contributed by atoms with E-state index < -0.39 is 0 Å². The van der Waals surface area contributed by atoms with E-state index in [4.69, 9.17) is 0 Å². The molecule has 2 saturated carbocycles. The molecule has 2 aliphatic carbocycles. The molecule has 1 heteroatoms. The first-order valence-electron chi connectivity index (χ1n) is 5.47. The molecule has 0 spiro atoms. The maximum Gasteiger partial charge on any atom is 0.0462 e. The summed E-state index contributed by atoms with van der Waals surface area (Å²) in [6.45, 7) is 6.94. The molecule has 1 nitrogen and oxygen atoms in total. The van der Waals surface area contributed by atoms with Gasteiger partial charge in [-0.1, -0.05) is 25.5 Å². The van der Waals surface area contributed by atoms with Crippen LogP contribution in [0, 0.1) is 17.3 Å². The van der Waals surface area contributed by atoms with Gasteiger partial charge in [0.15, 0.2) is 0 Å². The molecule has 2 fully saturated rings. The zero-order valence-corrected chi connectivity index (χ0v) is 8.55. The molecule has 2 rings (SSSR count). The average molecular weight is 180 g/mol. The molecule has 0 heterocycles. The normalized spacial score (nSPS) is 44.9. The molecule has 0 saturated heterocycles. The minimum absolute atomic E-state index is 0.367. The Bertz CT molecular complexity index is 221. The van der Waals surface area contributed by atoms with Crippen LogP contribution in [-0.2, 0) is 0 Å². The van der Waals surface area contributed by atoms with Crippen LogP contribution in [0.2, 0.25) is 0 Å². The first kappa shape index (κ1) is 9.26. The summed E-state index contributed by atoms with van der Waals surface area (Å²) in [5.41, 5.74) is 1.81. The highest BCUT2D eigenvalue weighted by Crippen LogP contribution is 2.56. The highest BCUT2D eigenvalue weighted by atomic mass is 16.3. The van der Waals surface area contributed by atoms with Gasteiger partial charge in [0.25, 0.3) is 0 Å². The van der Waals surface area contributed by atoms with Crippen LogP contribution in [0.1, 0.15) is 39.0 Å². The molecule has 2 aliphatic rings. The van der Waals surface area contributed by atoms with Crippen molar-refractivity contribution in [3.8, 4) is 0 Å². The molecule has 3 atom stereocenters. The van der Waals surface area contributed by atoms with Crippen LogP contribution in [0.25, 0.3) is 0 Å². The second-order valence-electron chi connectivity index (χ2n) is 5.00. The Morgan fingerprint density at radius 3 is 3.00 bits per heavy atom. The molecule has 0 amide bonds.